The molecule has 0 aliphatic carbocycles. The zero-order valence-corrected chi connectivity index (χ0v) is 12.7. The highest BCUT2D eigenvalue weighted by atomic mass is 32.2. The number of rotatable bonds is 3. The second-order valence-corrected chi connectivity index (χ2v) is 6.63. The molecule has 2 heterocycles. The molecule has 23 heavy (non-hydrogen) atoms. The average Bonchev–Trinajstić information content (AvgIpc) is 3.01. The summed E-state index contributed by atoms with van der Waals surface area (Å²) in [6.07, 6.45) is 4.98. The molecule has 0 spiro atoms. The molecular weight excluding hydrogens is 312 g/mol. The Morgan fingerprint density at radius 1 is 1.00 bits per heavy atom. The van der Waals surface area contributed by atoms with Gasteiger partial charge >= 0.3 is 10.1 Å². The zero-order chi connectivity index (χ0) is 15.9. The molecule has 0 aliphatic rings. The van der Waals surface area contributed by atoms with E-state index in [1.54, 1.807) is 48.9 Å². The van der Waals surface area contributed by atoms with Crippen LogP contribution in [0.15, 0.2) is 72.0 Å². The van der Waals surface area contributed by atoms with Gasteiger partial charge < -0.3 is 9.17 Å². The summed E-state index contributed by atoms with van der Waals surface area (Å²) in [6, 6.07) is 13.7. The highest BCUT2D eigenvalue weighted by Gasteiger charge is 2.19. The molecule has 1 N–H and O–H groups in total. The minimum atomic E-state index is -3.93. The molecule has 0 atom stereocenters. The third-order valence-corrected chi connectivity index (χ3v) is 4.95. The van der Waals surface area contributed by atoms with Gasteiger partial charge in [-0.2, -0.15) is 8.42 Å². The zero-order valence-electron chi connectivity index (χ0n) is 11.9. The maximum atomic E-state index is 12.6. The lowest BCUT2D eigenvalue weighted by atomic mass is 10.2. The molecule has 114 valence electrons. The normalized spacial score (nSPS) is 11.8. The van der Waals surface area contributed by atoms with E-state index in [0.717, 1.165) is 16.3 Å². The highest BCUT2D eigenvalue weighted by Crippen LogP contribution is 2.27. The third-order valence-electron chi connectivity index (χ3n) is 3.64. The molecule has 0 fully saturated rings. The van der Waals surface area contributed by atoms with E-state index in [2.05, 4.69) is 9.97 Å². The number of nitrogens with one attached hydrogen (secondary N) is 1. The molecule has 0 unspecified atom stereocenters. The SMILES string of the molecule is O=S(=O)(Oc1ccc2[nH]ccc2c1)c1cccc2cnccc12. The van der Waals surface area contributed by atoms with Gasteiger partial charge in [0.1, 0.15) is 10.6 Å². The molecule has 0 amide bonds. The van der Waals surface area contributed by atoms with Crippen LogP contribution in [0.5, 0.6) is 5.75 Å². The molecule has 2 aromatic carbocycles. The van der Waals surface area contributed by atoms with Crippen molar-refractivity contribution in [2.24, 2.45) is 0 Å². The van der Waals surface area contributed by atoms with Gasteiger partial charge in [-0.25, -0.2) is 0 Å². The first-order chi connectivity index (χ1) is 11.1. The van der Waals surface area contributed by atoms with E-state index < -0.39 is 10.1 Å². The van der Waals surface area contributed by atoms with E-state index in [9.17, 15) is 8.42 Å². The first kappa shape index (κ1) is 13.8. The summed E-state index contributed by atoms with van der Waals surface area (Å²) >= 11 is 0. The fourth-order valence-corrected chi connectivity index (χ4v) is 3.71. The maximum Gasteiger partial charge on any atom is 0.339 e. The molecule has 2 aromatic heterocycles. The molecule has 4 rings (SSSR count). The van der Waals surface area contributed by atoms with Gasteiger partial charge in [-0.05, 0) is 36.4 Å². The Labute approximate surface area is 132 Å². The van der Waals surface area contributed by atoms with Crippen LogP contribution >= 0.6 is 0 Å². The van der Waals surface area contributed by atoms with Gasteiger partial charge in [-0.1, -0.05) is 12.1 Å². The van der Waals surface area contributed by atoms with Crippen molar-refractivity contribution in [2.75, 3.05) is 0 Å². The first-order valence-corrected chi connectivity index (χ1v) is 8.39. The molecule has 4 aromatic rings. The van der Waals surface area contributed by atoms with Gasteiger partial charge in [0.15, 0.2) is 0 Å². The summed E-state index contributed by atoms with van der Waals surface area (Å²) < 4.78 is 30.6. The van der Waals surface area contributed by atoms with Crippen LogP contribution in [0.25, 0.3) is 21.7 Å². The van der Waals surface area contributed by atoms with E-state index in [-0.39, 0.29) is 10.6 Å². The van der Waals surface area contributed by atoms with Gasteiger partial charge in [0.25, 0.3) is 0 Å². The van der Waals surface area contributed by atoms with Crippen molar-refractivity contribution in [3.8, 4) is 5.75 Å². The second kappa shape index (κ2) is 5.10. The van der Waals surface area contributed by atoms with Crippen LogP contribution in [0.4, 0.5) is 0 Å². The predicted molar refractivity (Wildman–Crippen MR) is 87.9 cm³/mol. The number of aromatic amines is 1. The number of pyridine rings is 1. The number of hydrogen-bond acceptors (Lipinski definition) is 4. The summed E-state index contributed by atoms with van der Waals surface area (Å²) in [5.41, 5.74) is 0.922. The van der Waals surface area contributed by atoms with Crippen LogP contribution in [-0.2, 0) is 10.1 Å². The van der Waals surface area contributed by atoms with Gasteiger partial charge in [-0.15, -0.1) is 0 Å². The van der Waals surface area contributed by atoms with Crippen molar-refractivity contribution >= 4 is 31.8 Å². The molecule has 0 radical (unpaired) electrons. The van der Waals surface area contributed by atoms with Gasteiger partial charge in [0.2, 0.25) is 0 Å². The number of H-pyrrole nitrogens is 1. The Morgan fingerprint density at radius 3 is 2.83 bits per heavy atom. The average molecular weight is 324 g/mol. The first-order valence-electron chi connectivity index (χ1n) is 6.98. The van der Waals surface area contributed by atoms with E-state index in [4.69, 9.17) is 4.18 Å². The fourth-order valence-electron chi connectivity index (χ4n) is 2.57. The molecule has 0 saturated carbocycles. The Hall–Kier alpha value is -2.86. The summed E-state index contributed by atoms with van der Waals surface area (Å²) in [6.45, 7) is 0. The highest BCUT2D eigenvalue weighted by molar-refractivity contribution is 7.87. The maximum absolute atomic E-state index is 12.6. The summed E-state index contributed by atoms with van der Waals surface area (Å²) in [4.78, 5) is 7.19. The summed E-state index contributed by atoms with van der Waals surface area (Å²) in [7, 11) is -3.93. The third kappa shape index (κ3) is 2.43. The number of aromatic nitrogens is 2. The van der Waals surface area contributed by atoms with Crippen LogP contribution in [-0.4, -0.2) is 18.4 Å². The standard InChI is InChI=1S/C17H12N2O3S/c20-23(21,17-3-1-2-13-11-18-8-7-15(13)17)22-14-4-5-16-12(10-14)6-9-19-16/h1-11,19H. The van der Waals surface area contributed by atoms with E-state index in [0.29, 0.717) is 5.39 Å². The second-order valence-electron chi connectivity index (χ2n) is 5.12. The molecule has 0 saturated heterocycles. The lowest BCUT2D eigenvalue weighted by Gasteiger charge is -2.09. The van der Waals surface area contributed by atoms with Crippen LogP contribution in [0.1, 0.15) is 0 Å². The number of benzene rings is 2. The molecule has 0 aliphatic heterocycles. The van der Waals surface area contributed by atoms with E-state index >= 15 is 0 Å². The Kier molecular flexibility index (Phi) is 3.06. The lowest BCUT2D eigenvalue weighted by molar-refractivity contribution is 0.487. The van der Waals surface area contributed by atoms with Crippen molar-refractivity contribution in [2.45, 2.75) is 4.90 Å². The Bertz CT molecular complexity index is 1110. The Balaban J connectivity index is 1.80. The lowest BCUT2D eigenvalue weighted by Crippen LogP contribution is -2.10. The molecule has 6 heteroatoms. The van der Waals surface area contributed by atoms with Crippen LogP contribution in [0, 0.1) is 0 Å². The number of fused-ring (bicyclic) bond motifs is 2. The largest absolute Gasteiger partial charge is 0.379 e. The van der Waals surface area contributed by atoms with Crippen LogP contribution in [0.2, 0.25) is 0 Å². The van der Waals surface area contributed by atoms with Crippen LogP contribution < -0.4 is 4.18 Å². The van der Waals surface area contributed by atoms with Crippen molar-refractivity contribution in [1.82, 2.24) is 9.97 Å². The summed E-state index contributed by atoms with van der Waals surface area (Å²) in [5, 5.41) is 2.23. The van der Waals surface area contributed by atoms with Crippen molar-refractivity contribution in [1.29, 1.82) is 0 Å². The number of nitrogens with zero attached hydrogens (tertiary/aromatic N) is 1. The van der Waals surface area contributed by atoms with Gasteiger partial charge in [-0.3, -0.25) is 4.98 Å². The van der Waals surface area contributed by atoms with Crippen LogP contribution in [0.3, 0.4) is 0 Å². The van der Waals surface area contributed by atoms with Crippen molar-refractivity contribution in [3.63, 3.8) is 0 Å². The van der Waals surface area contributed by atoms with Crippen molar-refractivity contribution in [3.05, 3.63) is 67.1 Å². The predicted octanol–water partition coefficient (Wildman–Crippen LogP) is 3.48. The fraction of sp³-hybridized carbons (Fsp3) is 0. The molecule has 5 nitrogen and oxygen atoms in total. The monoisotopic (exact) mass is 324 g/mol. The quantitative estimate of drug-likeness (QED) is 0.586. The molecule has 0 bridgehead atoms. The Morgan fingerprint density at radius 2 is 1.91 bits per heavy atom. The van der Waals surface area contributed by atoms with E-state index in [1.165, 1.54) is 6.07 Å². The minimum absolute atomic E-state index is 0.131. The number of hydrogen-bond donors (Lipinski definition) is 1. The van der Waals surface area contributed by atoms with E-state index in [1.807, 2.05) is 12.1 Å². The summed E-state index contributed by atoms with van der Waals surface area (Å²) in [5.74, 6) is 0.281. The topological polar surface area (TPSA) is 72.1 Å². The molecular formula is C17H12N2O3S. The van der Waals surface area contributed by atoms with Crippen molar-refractivity contribution < 1.29 is 12.6 Å². The van der Waals surface area contributed by atoms with Gasteiger partial charge in [0, 0.05) is 40.3 Å². The smallest absolute Gasteiger partial charge is 0.339 e. The van der Waals surface area contributed by atoms with Gasteiger partial charge in [0.05, 0.1) is 0 Å². The minimum Gasteiger partial charge on any atom is -0.379 e.